The average molecular weight is 140 g/mol. The smallest absolute Gasteiger partial charge is 0.140 e. The van der Waals surface area contributed by atoms with Gasteiger partial charge >= 0.3 is 0 Å². The Kier molecular flexibility index (Phi) is 1.49. The van der Waals surface area contributed by atoms with Crippen LogP contribution in [0.5, 0.6) is 0 Å². The average Bonchev–Trinajstić information content (AvgIpc) is 2.71. The molecule has 0 aromatic carbocycles. The maximum atomic E-state index is 11.2. The van der Waals surface area contributed by atoms with Crippen molar-refractivity contribution >= 4 is 5.78 Å². The van der Waals surface area contributed by atoms with Gasteiger partial charge in [-0.1, -0.05) is 0 Å². The van der Waals surface area contributed by atoms with Gasteiger partial charge in [0.2, 0.25) is 0 Å². The van der Waals surface area contributed by atoms with Crippen molar-refractivity contribution in [2.24, 2.45) is 11.8 Å². The normalized spacial score (nSPS) is 34.4. The molecule has 0 amide bonds. The number of carbonyl (C=O) groups excluding carboxylic acids is 1. The lowest BCUT2D eigenvalue weighted by Gasteiger charge is -2.19. The Labute approximate surface area is 60.6 Å². The number of ether oxygens (including phenoxy) is 1. The summed E-state index contributed by atoms with van der Waals surface area (Å²) in [7, 11) is 0. The van der Waals surface area contributed by atoms with E-state index in [2.05, 4.69) is 0 Å². The van der Waals surface area contributed by atoms with Gasteiger partial charge < -0.3 is 4.74 Å². The fourth-order valence-electron chi connectivity index (χ4n) is 1.56. The van der Waals surface area contributed by atoms with E-state index in [0.29, 0.717) is 31.3 Å². The molecule has 1 aliphatic carbocycles. The summed E-state index contributed by atoms with van der Waals surface area (Å²) < 4.78 is 5.23. The Balaban J connectivity index is 1.96. The second-order valence-electron chi connectivity index (χ2n) is 3.24. The first-order valence-electron chi connectivity index (χ1n) is 3.98. The van der Waals surface area contributed by atoms with E-state index < -0.39 is 0 Å². The third-order valence-electron chi connectivity index (χ3n) is 2.39. The Morgan fingerprint density at radius 3 is 2.80 bits per heavy atom. The van der Waals surface area contributed by atoms with Gasteiger partial charge in [0.15, 0.2) is 0 Å². The zero-order chi connectivity index (χ0) is 6.97. The van der Waals surface area contributed by atoms with Crippen LogP contribution in [0.4, 0.5) is 0 Å². The molecule has 1 heterocycles. The largest absolute Gasteiger partial charge is 0.380 e. The third kappa shape index (κ3) is 1.08. The maximum absolute atomic E-state index is 11.2. The first-order valence-corrected chi connectivity index (χ1v) is 3.98. The highest BCUT2D eigenvalue weighted by Gasteiger charge is 2.37. The standard InChI is InChI=1S/C8H12O2/c9-8-3-4-10-5-7(8)6-1-2-6/h6-7H,1-5H2/t7-/m1/s1. The summed E-state index contributed by atoms with van der Waals surface area (Å²) in [5, 5.41) is 0. The summed E-state index contributed by atoms with van der Waals surface area (Å²) in [4.78, 5) is 11.2. The van der Waals surface area contributed by atoms with Crippen molar-refractivity contribution in [3.05, 3.63) is 0 Å². The van der Waals surface area contributed by atoms with Gasteiger partial charge in [-0.05, 0) is 18.8 Å². The number of hydrogen-bond donors (Lipinski definition) is 0. The van der Waals surface area contributed by atoms with Crippen LogP contribution in [0.2, 0.25) is 0 Å². The molecule has 0 aromatic heterocycles. The van der Waals surface area contributed by atoms with E-state index in [-0.39, 0.29) is 5.92 Å². The molecule has 1 saturated carbocycles. The Bertz CT molecular complexity index is 149. The van der Waals surface area contributed by atoms with Gasteiger partial charge in [-0.15, -0.1) is 0 Å². The number of rotatable bonds is 1. The fraction of sp³-hybridized carbons (Fsp3) is 0.875. The summed E-state index contributed by atoms with van der Waals surface area (Å²) in [5.41, 5.74) is 0. The molecule has 0 bridgehead atoms. The molecule has 56 valence electrons. The van der Waals surface area contributed by atoms with Gasteiger partial charge in [0.25, 0.3) is 0 Å². The molecule has 10 heavy (non-hydrogen) atoms. The van der Waals surface area contributed by atoms with Gasteiger partial charge in [0, 0.05) is 12.3 Å². The van der Waals surface area contributed by atoms with E-state index in [1.165, 1.54) is 12.8 Å². The van der Waals surface area contributed by atoms with E-state index in [1.807, 2.05) is 0 Å². The van der Waals surface area contributed by atoms with Crippen LogP contribution >= 0.6 is 0 Å². The summed E-state index contributed by atoms with van der Waals surface area (Å²) in [6.45, 7) is 1.35. The molecular weight excluding hydrogens is 128 g/mol. The molecule has 0 aromatic rings. The second kappa shape index (κ2) is 2.35. The van der Waals surface area contributed by atoms with E-state index in [9.17, 15) is 4.79 Å². The Morgan fingerprint density at radius 1 is 1.40 bits per heavy atom. The zero-order valence-corrected chi connectivity index (χ0v) is 6.01. The predicted octanol–water partition coefficient (Wildman–Crippen LogP) is 1.00. The molecule has 2 aliphatic rings. The minimum atomic E-state index is 0.272. The van der Waals surface area contributed by atoms with Gasteiger partial charge in [-0.2, -0.15) is 0 Å². The quantitative estimate of drug-likeness (QED) is 0.543. The van der Waals surface area contributed by atoms with Crippen LogP contribution in [0.1, 0.15) is 19.3 Å². The first kappa shape index (κ1) is 6.35. The van der Waals surface area contributed by atoms with Crippen LogP contribution in [0.25, 0.3) is 0 Å². The number of Topliss-reactive ketones (excluding diaryl/α,β-unsaturated/α-hetero) is 1. The molecule has 2 nitrogen and oxygen atoms in total. The first-order chi connectivity index (χ1) is 4.88. The molecular formula is C8H12O2. The molecule has 0 spiro atoms. The third-order valence-corrected chi connectivity index (χ3v) is 2.39. The highest BCUT2D eigenvalue weighted by molar-refractivity contribution is 5.82. The topological polar surface area (TPSA) is 26.3 Å². The lowest BCUT2D eigenvalue weighted by molar-refractivity contribution is -0.131. The minimum Gasteiger partial charge on any atom is -0.380 e. The van der Waals surface area contributed by atoms with Crippen molar-refractivity contribution in [1.29, 1.82) is 0 Å². The van der Waals surface area contributed by atoms with Gasteiger partial charge in [0.1, 0.15) is 5.78 Å². The van der Waals surface area contributed by atoms with Crippen molar-refractivity contribution in [3.8, 4) is 0 Å². The molecule has 2 fully saturated rings. The van der Waals surface area contributed by atoms with Crippen molar-refractivity contribution in [2.45, 2.75) is 19.3 Å². The van der Waals surface area contributed by atoms with E-state index in [0.717, 1.165) is 0 Å². The van der Waals surface area contributed by atoms with Gasteiger partial charge in [0.05, 0.1) is 13.2 Å². The lowest BCUT2D eigenvalue weighted by Crippen LogP contribution is -2.28. The molecule has 1 saturated heterocycles. The van der Waals surface area contributed by atoms with E-state index >= 15 is 0 Å². The van der Waals surface area contributed by atoms with Crippen LogP contribution < -0.4 is 0 Å². The van der Waals surface area contributed by atoms with Crippen LogP contribution in [-0.2, 0) is 9.53 Å². The lowest BCUT2D eigenvalue weighted by atomic mass is 9.96. The monoisotopic (exact) mass is 140 g/mol. The maximum Gasteiger partial charge on any atom is 0.140 e. The van der Waals surface area contributed by atoms with Crippen molar-refractivity contribution < 1.29 is 9.53 Å². The second-order valence-corrected chi connectivity index (χ2v) is 3.24. The minimum absolute atomic E-state index is 0.272. The van der Waals surface area contributed by atoms with Crippen LogP contribution in [0, 0.1) is 11.8 Å². The van der Waals surface area contributed by atoms with Gasteiger partial charge in [-0.25, -0.2) is 0 Å². The van der Waals surface area contributed by atoms with Crippen LogP contribution in [0.15, 0.2) is 0 Å². The number of hydrogen-bond acceptors (Lipinski definition) is 2. The zero-order valence-electron chi connectivity index (χ0n) is 6.01. The van der Waals surface area contributed by atoms with Crippen molar-refractivity contribution in [1.82, 2.24) is 0 Å². The summed E-state index contributed by atoms with van der Waals surface area (Å²) in [6.07, 6.45) is 3.15. The van der Waals surface area contributed by atoms with Crippen LogP contribution in [-0.4, -0.2) is 19.0 Å². The molecule has 0 unspecified atom stereocenters. The Morgan fingerprint density at radius 2 is 2.20 bits per heavy atom. The summed E-state index contributed by atoms with van der Waals surface area (Å²) >= 11 is 0. The molecule has 1 atom stereocenters. The molecule has 1 aliphatic heterocycles. The van der Waals surface area contributed by atoms with Crippen molar-refractivity contribution in [2.75, 3.05) is 13.2 Å². The number of ketones is 1. The van der Waals surface area contributed by atoms with Gasteiger partial charge in [-0.3, -0.25) is 4.79 Å². The number of carbonyl (C=O) groups is 1. The van der Waals surface area contributed by atoms with E-state index in [4.69, 9.17) is 4.74 Å². The van der Waals surface area contributed by atoms with Crippen LogP contribution in [0.3, 0.4) is 0 Å². The summed E-state index contributed by atoms with van der Waals surface area (Å²) in [6, 6.07) is 0. The van der Waals surface area contributed by atoms with Crippen molar-refractivity contribution in [3.63, 3.8) is 0 Å². The Hall–Kier alpha value is -0.370. The molecule has 0 radical (unpaired) electrons. The molecule has 2 heteroatoms. The SMILES string of the molecule is O=C1CCOC[C@@H]1C1CC1. The molecule has 2 rings (SSSR count). The molecule has 0 N–H and O–H groups in total. The highest BCUT2D eigenvalue weighted by Crippen LogP contribution is 2.38. The fourth-order valence-corrected chi connectivity index (χ4v) is 1.56. The van der Waals surface area contributed by atoms with E-state index in [1.54, 1.807) is 0 Å². The summed E-state index contributed by atoms with van der Waals surface area (Å²) in [5.74, 6) is 1.40. The highest BCUT2D eigenvalue weighted by atomic mass is 16.5. The predicted molar refractivity (Wildman–Crippen MR) is 36.7 cm³/mol.